The minimum Gasteiger partial charge on any atom is -0.496 e. The fraction of sp³-hybridized carbons (Fsp3) is 0.400. The molecule has 20 heavy (non-hydrogen) atoms. The lowest BCUT2D eigenvalue weighted by atomic mass is 10.00. The second kappa shape index (κ2) is 5.97. The van der Waals surface area contributed by atoms with Gasteiger partial charge in [0.15, 0.2) is 0 Å². The lowest BCUT2D eigenvalue weighted by molar-refractivity contribution is 0.411. The summed E-state index contributed by atoms with van der Waals surface area (Å²) in [6.45, 7) is 4.77. The monoisotopic (exact) mass is 337 g/mol. The molecule has 1 aromatic carbocycles. The van der Waals surface area contributed by atoms with Crippen LogP contribution in [0.3, 0.4) is 0 Å². The number of methoxy groups -OCH3 is 1. The van der Waals surface area contributed by atoms with Gasteiger partial charge in [-0.2, -0.15) is 5.10 Å². The molecule has 1 aromatic heterocycles. The number of aryl methyl sites for hydroxylation is 1. The van der Waals surface area contributed by atoms with Crippen molar-refractivity contribution in [3.05, 3.63) is 33.4 Å². The standard InChI is InChI=1S/C15H20BrN3O/c1-9-10(2)13(20-4)6-5-11(9)15-14(16)12(7-8-17)19(3)18-15/h5-6H,7-8,17H2,1-4H3. The maximum Gasteiger partial charge on any atom is 0.122 e. The maximum absolute atomic E-state index is 5.66. The van der Waals surface area contributed by atoms with E-state index >= 15 is 0 Å². The van der Waals surface area contributed by atoms with Crippen molar-refractivity contribution >= 4 is 15.9 Å². The molecule has 0 aliphatic carbocycles. The third-order valence-electron chi connectivity index (χ3n) is 3.70. The Bertz CT molecular complexity index is 635. The van der Waals surface area contributed by atoms with Crippen molar-refractivity contribution in [2.75, 3.05) is 13.7 Å². The quantitative estimate of drug-likeness (QED) is 0.932. The number of hydrogen-bond donors (Lipinski definition) is 1. The van der Waals surface area contributed by atoms with Gasteiger partial charge in [-0.25, -0.2) is 0 Å². The molecule has 0 aliphatic heterocycles. The molecule has 0 radical (unpaired) electrons. The van der Waals surface area contributed by atoms with Crippen molar-refractivity contribution in [3.63, 3.8) is 0 Å². The van der Waals surface area contributed by atoms with Crippen molar-refractivity contribution in [2.24, 2.45) is 12.8 Å². The first-order valence-electron chi connectivity index (χ1n) is 6.57. The van der Waals surface area contributed by atoms with Crippen molar-refractivity contribution in [1.29, 1.82) is 0 Å². The van der Waals surface area contributed by atoms with Gasteiger partial charge < -0.3 is 10.5 Å². The van der Waals surface area contributed by atoms with Gasteiger partial charge in [-0.15, -0.1) is 0 Å². The van der Waals surface area contributed by atoms with Crippen LogP contribution in [0.15, 0.2) is 16.6 Å². The molecule has 0 fully saturated rings. The van der Waals surface area contributed by atoms with Crippen molar-refractivity contribution in [3.8, 4) is 17.0 Å². The van der Waals surface area contributed by atoms with Crippen LogP contribution in [-0.2, 0) is 13.5 Å². The Morgan fingerprint density at radius 2 is 2.00 bits per heavy atom. The van der Waals surface area contributed by atoms with Gasteiger partial charge in [0.05, 0.1) is 17.3 Å². The molecule has 0 saturated carbocycles. The first-order valence-corrected chi connectivity index (χ1v) is 7.36. The van der Waals surface area contributed by atoms with E-state index in [0.717, 1.165) is 39.2 Å². The molecule has 2 N–H and O–H groups in total. The van der Waals surface area contributed by atoms with Gasteiger partial charge in [-0.05, 0) is 59.6 Å². The molecule has 1 heterocycles. The molecule has 5 heteroatoms. The number of nitrogens with two attached hydrogens (primary N) is 1. The smallest absolute Gasteiger partial charge is 0.122 e. The first kappa shape index (κ1) is 15.1. The van der Waals surface area contributed by atoms with Crippen LogP contribution in [0.4, 0.5) is 0 Å². The summed E-state index contributed by atoms with van der Waals surface area (Å²) in [4.78, 5) is 0. The second-order valence-corrected chi connectivity index (χ2v) is 5.63. The summed E-state index contributed by atoms with van der Waals surface area (Å²) in [6.07, 6.45) is 0.804. The predicted molar refractivity (Wildman–Crippen MR) is 85.1 cm³/mol. The molecule has 0 amide bonds. The lowest BCUT2D eigenvalue weighted by Gasteiger charge is -2.11. The Labute approximate surface area is 128 Å². The van der Waals surface area contributed by atoms with E-state index in [2.05, 4.69) is 40.9 Å². The summed E-state index contributed by atoms with van der Waals surface area (Å²) < 4.78 is 8.28. The van der Waals surface area contributed by atoms with Crippen molar-refractivity contribution in [2.45, 2.75) is 20.3 Å². The lowest BCUT2D eigenvalue weighted by Crippen LogP contribution is -2.07. The number of nitrogens with zero attached hydrogens (tertiary/aromatic N) is 2. The van der Waals surface area contributed by atoms with E-state index in [1.807, 2.05) is 17.8 Å². The summed E-state index contributed by atoms with van der Waals surface area (Å²) >= 11 is 3.66. The zero-order valence-electron chi connectivity index (χ0n) is 12.3. The van der Waals surface area contributed by atoms with Crippen LogP contribution in [0.5, 0.6) is 5.75 Å². The Morgan fingerprint density at radius 3 is 2.60 bits per heavy atom. The normalized spacial score (nSPS) is 10.9. The van der Waals surface area contributed by atoms with E-state index in [0.29, 0.717) is 6.54 Å². The Kier molecular flexibility index (Phi) is 4.50. The van der Waals surface area contributed by atoms with Crippen LogP contribution >= 0.6 is 15.9 Å². The largest absolute Gasteiger partial charge is 0.496 e. The van der Waals surface area contributed by atoms with E-state index in [4.69, 9.17) is 10.5 Å². The van der Waals surface area contributed by atoms with E-state index in [-0.39, 0.29) is 0 Å². The summed E-state index contributed by atoms with van der Waals surface area (Å²) in [7, 11) is 3.64. The van der Waals surface area contributed by atoms with E-state index < -0.39 is 0 Å². The van der Waals surface area contributed by atoms with Crippen LogP contribution < -0.4 is 10.5 Å². The highest BCUT2D eigenvalue weighted by atomic mass is 79.9. The fourth-order valence-corrected chi connectivity index (χ4v) is 3.13. The zero-order chi connectivity index (χ0) is 14.9. The number of halogens is 1. The van der Waals surface area contributed by atoms with Crippen LogP contribution in [-0.4, -0.2) is 23.4 Å². The molecular weight excluding hydrogens is 318 g/mol. The zero-order valence-corrected chi connectivity index (χ0v) is 13.9. The topological polar surface area (TPSA) is 53.1 Å². The Hall–Kier alpha value is -1.33. The van der Waals surface area contributed by atoms with Crippen LogP contribution in [0.2, 0.25) is 0 Å². The van der Waals surface area contributed by atoms with Gasteiger partial charge in [0.25, 0.3) is 0 Å². The van der Waals surface area contributed by atoms with Crippen molar-refractivity contribution in [1.82, 2.24) is 9.78 Å². The average Bonchev–Trinajstić information content (AvgIpc) is 2.70. The number of hydrogen-bond acceptors (Lipinski definition) is 3. The Balaban J connectivity index is 2.58. The molecular formula is C15H20BrN3O. The summed E-state index contributed by atoms with van der Waals surface area (Å²) in [5, 5.41) is 4.63. The minimum atomic E-state index is 0.609. The van der Waals surface area contributed by atoms with Gasteiger partial charge in [0.1, 0.15) is 11.4 Å². The SMILES string of the molecule is COc1ccc(-c2nn(C)c(CCN)c2Br)c(C)c1C. The van der Waals surface area contributed by atoms with Gasteiger partial charge >= 0.3 is 0 Å². The Morgan fingerprint density at radius 1 is 1.30 bits per heavy atom. The molecule has 4 nitrogen and oxygen atoms in total. The van der Waals surface area contributed by atoms with E-state index in [1.165, 1.54) is 5.56 Å². The molecule has 0 bridgehead atoms. The number of aromatic nitrogens is 2. The molecule has 0 unspecified atom stereocenters. The third kappa shape index (κ3) is 2.47. The van der Waals surface area contributed by atoms with Crippen LogP contribution in [0.1, 0.15) is 16.8 Å². The van der Waals surface area contributed by atoms with E-state index in [9.17, 15) is 0 Å². The minimum absolute atomic E-state index is 0.609. The molecule has 108 valence electrons. The average molecular weight is 338 g/mol. The van der Waals surface area contributed by atoms with Gasteiger partial charge in [0.2, 0.25) is 0 Å². The first-order chi connectivity index (χ1) is 9.51. The highest BCUT2D eigenvalue weighted by Crippen LogP contribution is 2.35. The summed E-state index contributed by atoms with van der Waals surface area (Å²) in [5.74, 6) is 0.903. The van der Waals surface area contributed by atoms with Crippen LogP contribution in [0.25, 0.3) is 11.3 Å². The molecule has 0 saturated heterocycles. The van der Waals surface area contributed by atoms with Gasteiger partial charge in [0, 0.05) is 19.0 Å². The predicted octanol–water partition coefficient (Wildman–Crippen LogP) is 2.98. The molecule has 0 atom stereocenters. The van der Waals surface area contributed by atoms with Gasteiger partial charge in [-0.3, -0.25) is 4.68 Å². The number of benzene rings is 1. The van der Waals surface area contributed by atoms with Gasteiger partial charge in [-0.1, -0.05) is 0 Å². The fourth-order valence-electron chi connectivity index (χ4n) is 2.39. The molecule has 0 spiro atoms. The van der Waals surface area contributed by atoms with Crippen molar-refractivity contribution < 1.29 is 4.74 Å². The van der Waals surface area contributed by atoms with E-state index in [1.54, 1.807) is 7.11 Å². The van der Waals surface area contributed by atoms with Crippen LogP contribution in [0, 0.1) is 13.8 Å². The summed E-state index contributed by atoms with van der Waals surface area (Å²) in [5.41, 5.74) is 11.2. The number of rotatable bonds is 4. The highest BCUT2D eigenvalue weighted by Gasteiger charge is 2.18. The molecule has 0 aliphatic rings. The molecule has 2 aromatic rings. The highest BCUT2D eigenvalue weighted by molar-refractivity contribution is 9.10. The third-order valence-corrected chi connectivity index (χ3v) is 4.53. The number of ether oxygens (including phenoxy) is 1. The maximum atomic E-state index is 5.66. The second-order valence-electron chi connectivity index (χ2n) is 4.84. The molecule has 2 rings (SSSR count). The summed E-state index contributed by atoms with van der Waals surface area (Å²) in [6, 6.07) is 4.04.